The first kappa shape index (κ1) is 10.7. The number of hydrogen-bond acceptors (Lipinski definition) is 1. The molecule has 0 atom stereocenters. The SMILES string of the molecule is SCc1ccccc1[Si](Cl)(Cl)Cl. The highest BCUT2D eigenvalue weighted by Crippen LogP contribution is 2.21. The van der Waals surface area contributed by atoms with Gasteiger partial charge in [0.1, 0.15) is 0 Å². The molecule has 0 N–H and O–H groups in total. The minimum atomic E-state index is -2.73. The molecule has 0 nitrogen and oxygen atoms in total. The van der Waals surface area contributed by atoms with Gasteiger partial charge in [0.2, 0.25) is 0 Å². The molecule has 1 rings (SSSR count). The van der Waals surface area contributed by atoms with Gasteiger partial charge in [0.25, 0.3) is 0 Å². The lowest BCUT2D eigenvalue weighted by Crippen LogP contribution is -2.32. The van der Waals surface area contributed by atoms with E-state index < -0.39 is 6.00 Å². The van der Waals surface area contributed by atoms with Crippen molar-refractivity contribution in [3.63, 3.8) is 0 Å². The van der Waals surface area contributed by atoms with Gasteiger partial charge in [-0.25, -0.2) is 0 Å². The van der Waals surface area contributed by atoms with Gasteiger partial charge in [-0.15, -0.1) is 33.2 Å². The highest BCUT2D eigenvalue weighted by Gasteiger charge is 2.29. The van der Waals surface area contributed by atoms with E-state index in [0.717, 1.165) is 10.8 Å². The maximum Gasteiger partial charge on any atom is 0.373 e. The minimum Gasteiger partial charge on any atom is -0.175 e. The first-order chi connectivity index (χ1) is 5.55. The molecule has 0 saturated heterocycles. The Kier molecular flexibility index (Phi) is 3.80. The van der Waals surface area contributed by atoms with E-state index in [-0.39, 0.29) is 0 Å². The van der Waals surface area contributed by atoms with E-state index >= 15 is 0 Å². The molecule has 0 unspecified atom stereocenters. The van der Waals surface area contributed by atoms with Gasteiger partial charge >= 0.3 is 6.00 Å². The average molecular weight is 258 g/mol. The first-order valence-electron chi connectivity index (χ1n) is 3.31. The predicted molar refractivity (Wildman–Crippen MR) is 62.1 cm³/mol. The van der Waals surface area contributed by atoms with Crippen molar-refractivity contribution in [1.82, 2.24) is 0 Å². The summed E-state index contributed by atoms with van der Waals surface area (Å²) in [5.41, 5.74) is 1.01. The number of rotatable bonds is 2. The largest absolute Gasteiger partial charge is 0.373 e. The van der Waals surface area contributed by atoms with Crippen molar-refractivity contribution in [2.24, 2.45) is 0 Å². The van der Waals surface area contributed by atoms with Crippen LogP contribution in [0.5, 0.6) is 0 Å². The molecular formula is C7H7Cl3SSi. The molecule has 0 aliphatic heterocycles. The summed E-state index contributed by atoms with van der Waals surface area (Å²) >= 11 is 21.8. The van der Waals surface area contributed by atoms with Crippen molar-refractivity contribution >= 4 is 57.1 Å². The van der Waals surface area contributed by atoms with Crippen LogP contribution in [-0.2, 0) is 5.75 Å². The zero-order valence-corrected chi connectivity index (χ0v) is 10.3. The van der Waals surface area contributed by atoms with Crippen LogP contribution in [0.3, 0.4) is 0 Å². The maximum absolute atomic E-state index is 5.88. The Hall–Kier alpha value is 0.657. The van der Waals surface area contributed by atoms with Gasteiger partial charge in [0, 0.05) is 5.75 Å². The third kappa shape index (κ3) is 2.57. The molecule has 66 valence electrons. The second-order valence-corrected chi connectivity index (χ2v) is 11.0. The van der Waals surface area contributed by atoms with E-state index in [1.807, 2.05) is 24.3 Å². The predicted octanol–water partition coefficient (Wildman–Crippen LogP) is 2.98. The van der Waals surface area contributed by atoms with Gasteiger partial charge < -0.3 is 0 Å². The smallest absolute Gasteiger partial charge is 0.175 e. The van der Waals surface area contributed by atoms with E-state index in [4.69, 9.17) is 33.2 Å². The van der Waals surface area contributed by atoms with Crippen molar-refractivity contribution in [2.45, 2.75) is 5.75 Å². The third-order valence-electron chi connectivity index (χ3n) is 1.49. The van der Waals surface area contributed by atoms with Crippen LogP contribution in [-0.4, -0.2) is 6.00 Å². The number of hydrogen-bond donors (Lipinski definition) is 1. The highest BCUT2D eigenvalue weighted by atomic mass is 35.8. The molecule has 0 heterocycles. The lowest BCUT2D eigenvalue weighted by Gasteiger charge is -2.11. The van der Waals surface area contributed by atoms with Gasteiger partial charge in [0.05, 0.1) is 0 Å². The van der Waals surface area contributed by atoms with Gasteiger partial charge in [-0.3, -0.25) is 0 Å². The Bertz CT molecular complexity index is 272. The second kappa shape index (κ2) is 4.25. The van der Waals surface area contributed by atoms with E-state index in [9.17, 15) is 0 Å². The molecule has 0 radical (unpaired) electrons. The summed E-state index contributed by atoms with van der Waals surface area (Å²) in [5, 5.41) is 0.838. The fourth-order valence-electron chi connectivity index (χ4n) is 0.935. The lowest BCUT2D eigenvalue weighted by molar-refractivity contribution is 1.46. The zero-order valence-electron chi connectivity index (χ0n) is 6.10. The Balaban J connectivity index is 3.14. The number of thiol groups is 1. The Morgan fingerprint density at radius 1 is 1.17 bits per heavy atom. The average Bonchev–Trinajstić information content (AvgIpc) is 2.03. The minimum absolute atomic E-state index is 0.608. The van der Waals surface area contributed by atoms with Crippen molar-refractivity contribution < 1.29 is 0 Å². The second-order valence-electron chi connectivity index (χ2n) is 2.31. The molecule has 0 bridgehead atoms. The fourth-order valence-corrected chi connectivity index (χ4v) is 3.84. The molecule has 0 aliphatic rings. The fraction of sp³-hybridized carbons (Fsp3) is 0.143. The molecule has 0 aromatic heterocycles. The summed E-state index contributed by atoms with van der Waals surface area (Å²) in [6.45, 7) is 0. The van der Waals surface area contributed by atoms with Gasteiger partial charge in [-0.05, 0) is 10.8 Å². The van der Waals surface area contributed by atoms with E-state index in [2.05, 4.69) is 12.6 Å². The molecule has 0 fully saturated rings. The van der Waals surface area contributed by atoms with Crippen LogP contribution in [0.15, 0.2) is 24.3 Å². The van der Waals surface area contributed by atoms with Crippen LogP contribution >= 0.6 is 45.9 Å². The Morgan fingerprint density at radius 2 is 1.75 bits per heavy atom. The number of halogens is 3. The Labute approximate surface area is 92.4 Å². The summed E-state index contributed by atoms with van der Waals surface area (Å²) in [4.78, 5) is 0. The normalized spacial score (nSPS) is 11.7. The summed E-state index contributed by atoms with van der Waals surface area (Å²) in [5.74, 6) is 0.608. The molecule has 12 heavy (non-hydrogen) atoms. The van der Waals surface area contributed by atoms with Crippen molar-refractivity contribution in [1.29, 1.82) is 0 Å². The van der Waals surface area contributed by atoms with Crippen LogP contribution in [0.25, 0.3) is 0 Å². The molecule has 1 aromatic rings. The van der Waals surface area contributed by atoms with E-state index in [1.54, 1.807) is 0 Å². The third-order valence-corrected chi connectivity index (χ3v) is 4.76. The van der Waals surface area contributed by atoms with E-state index in [0.29, 0.717) is 5.75 Å². The zero-order chi connectivity index (χ0) is 9.19. The van der Waals surface area contributed by atoms with Crippen molar-refractivity contribution in [3.05, 3.63) is 29.8 Å². The first-order valence-corrected chi connectivity index (χ1v) is 8.98. The standard InChI is InChI=1S/C7H7Cl3SSi/c8-12(9,10)7-4-2-1-3-6(7)5-11/h1-4,11H,5H2. The molecule has 1 aromatic carbocycles. The summed E-state index contributed by atoms with van der Waals surface area (Å²) in [6.07, 6.45) is 0. The molecule has 5 heteroatoms. The van der Waals surface area contributed by atoms with Crippen LogP contribution in [0, 0.1) is 0 Å². The summed E-state index contributed by atoms with van der Waals surface area (Å²) < 4.78 is 0. The molecular weight excluding hydrogens is 251 g/mol. The van der Waals surface area contributed by atoms with Crippen LogP contribution < -0.4 is 5.19 Å². The van der Waals surface area contributed by atoms with Gasteiger partial charge in [-0.2, -0.15) is 12.6 Å². The molecule has 0 spiro atoms. The van der Waals surface area contributed by atoms with Crippen LogP contribution in [0.2, 0.25) is 0 Å². The topological polar surface area (TPSA) is 0 Å². The van der Waals surface area contributed by atoms with Crippen LogP contribution in [0.1, 0.15) is 5.56 Å². The van der Waals surface area contributed by atoms with Gasteiger partial charge in [0.15, 0.2) is 0 Å². The molecule has 0 saturated carbocycles. The summed E-state index contributed by atoms with van der Waals surface area (Å²) in [7, 11) is 0. The van der Waals surface area contributed by atoms with Crippen molar-refractivity contribution in [2.75, 3.05) is 0 Å². The summed E-state index contributed by atoms with van der Waals surface area (Å²) in [6, 6.07) is 4.84. The van der Waals surface area contributed by atoms with E-state index in [1.165, 1.54) is 0 Å². The molecule has 0 amide bonds. The monoisotopic (exact) mass is 256 g/mol. The highest BCUT2D eigenvalue weighted by molar-refractivity contribution is 7.79. The van der Waals surface area contributed by atoms with Gasteiger partial charge in [-0.1, -0.05) is 24.3 Å². The lowest BCUT2D eigenvalue weighted by atomic mass is 10.2. The number of benzene rings is 1. The Morgan fingerprint density at radius 3 is 2.17 bits per heavy atom. The quantitative estimate of drug-likeness (QED) is 0.470. The van der Waals surface area contributed by atoms with Crippen LogP contribution in [0.4, 0.5) is 0 Å². The maximum atomic E-state index is 5.88. The van der Waals surface area contributed by atoms with Crippen molar-refractivity contribution in [3.8, 4) is 0 Å². The molecule has 0 aliphatic carbocycles.